The van der Waals surface area contributed by atoms with Crippen LogP contribution >= 0.6 is 34.5 Å². The minimum Gasteiger partial charge on any atom is -0.320 e. The zero-order chi connectivity index (χ0) is 16.4. The normalized spacial score (nSPS) is 10.6. The van der Waals surface area contributed by atoms with E-state index >= 15 is 0 Å². The Morgan fingerprint density at radius 2 is 2.04 bits per heavy atom. The molecule has 0 aliphatic rings. The second kappa shape index (κ2) is 6.66. The van der Waals surface area contributed by atoms with E-state index in [-0.39, 0.29) is 5.91 Å². The number of anilines is 1. The predicted molar refractivity (Wildman–Crippen MR) is 94.5 cm³/mol. The molecule has 0 aliphatic heterocycles. The quantitative estimate of drug-likeness (QED) is 0.706. The van der Waals surface area contributed by atoms with E-state index < -0.39 is 0 Å². The van der Waals surface area contributed by atoms with Crippen molar-refractivity contribution in [3.05, 3.63) is 63.3 Å². The zero-order valence-electron chi connectivity index (χ0n) is 12.0. The van der Waals surface area contributed by atoms with Crippen LogP contribution in [-0.2, 0) is 0 Å². The summed E-state index contributed by atoms with van der Waals surface area (Å²) in [5.74, 6) is -0.265. The molecule has 23 heavy (non-hydrogen) atoms. The first kappa shape index (κ1) is 15.9. The summed E-state index contributed by atoms with van der Waals surface area (Å²) < 4.78 is 0. The summed E-state index contributed by atoms with van der Waals surface area (Å²) in [7, 11) is 0. The molecule has 0 saturated carbocycles. The monoisotopic (exact) mass is 363 g/mol. The standard InChI is InChI=1S/C16H11Cl2N3OS/c1-9-14(23-16(20-9)10-4-3-7-19-8-10)15(22)21-12-6-2-5-11(17)13(12)18/h2-8H,1H3,(H,21,22). The van der Waals surface area contributed by atoms with Crippen molar-refractivity contribution in [2.24, 2.45) is 0 Å². The highest BCUT2D eigenvalue weighted by atomic mass is 35.5. The molecule has 0 saturated heterocycles. The number of pyridine rings is 1. The third kappa shape index (κ3) is 3.37. The van der Waals surface area contributed by atoms with Gasteiger partial charge in [0.25, 0.3) is 5.91 Å². The molecule has 116 valence electrons. The molecule has 0 unspecified atom stereocenters. The Bertz CT molecular complexity index is 865. The average Bonchev–Trinajstić information content (AvgIpc) is 2.95. The van der Waals surface area contributed by atoms with Crippen LogP contribution in [0.15, 0.2) is 42.7 Å². The fourth-order valence-corrected chi connectivity index (χ4v) is 3.30. The smallest absolute Gasteiger partial charge is 0.267 e. The summed E-state index contributed by atoms with van der Waals surface area (Å²) in [5.41, 5.74) is 2.00. The second-order valence-corrected chi connectivity index (χ2v) is 6.51. The largest absolute Gasteiger partial charge is 0.320 e. The van der Waals surface area contributed by atoms with Crippen LogP contribution in [0.2, 0.25) is 10.0 Å². The van der Waals surface area contributed by atoms with Gasteiger partial charge in [0.2, 0.25) is 0 Å². The van der Waals surface area contributed by atoms with Crippen LogP contribution in [0.25, 0.3) is 10.6 Å². The lowest BCUT2D eigenvalue weighted by Crippen LogP contribution is -2.11. The highest BCUT2D eigenvalue weighted by molar-refractivity contribution is 7.17. The number of benzene rings is 1. The fraction of sp³-hybridized carbons (Fsp3) is 0.0625. The first-order chi connectivity index (χ1) is 11.1. The molecule has 1 aromatic carbocycles. The zero-order valence-corrected chi connectivity index (χ0v) is 14.3. The van der Waals surface area contributed by atoms with Crippen molar-refractivity contribution in [3.63, 3.8) is 0 Å². The highest BCUT2D eigenvalue weighted by Gasteiger charge is 2.17. The molecule has 0 spiro atoms. The highest BCUT2D eigenvalue weighted by Crippen LogP contribution is 2.32. The van der Waals surface area contributed by atoms with Gasteiger partial charge in [0.1, 0.15) is 9.88 Å². The summed E-state index contributed by atoms with van der Waals surface area (Å²) in [6.45, 7) is 1.80. The molecule has 1 amide bonds. The van der Waals surface area contributed by atoms with Crippen LogP contribution in [0.3, 0.4) is 0 Å². The van der Waals surface area contributed by atoms with Crippen LogP contribution < -0.4 is 5.32 Å². The van der Waals surface area contributed by atoms with Crippen LogP contribution in [0.5, 0.6) is 0 Å². The van der Waals surface area contributed by atoms with E-state index in [4.69, 9.17) is 23.2 Å². The van der Waals surface area contributed by atoms with Gasteiger partial charge in [-0.15, -0.1) is 11.3 Å². The third-order valence-electron chi connectivity index (χ3n) is 3.11. The number of aromatic nitrogens is 2. The minimum atomic E-state index is -0.265. The van der Waals surface area contributed by atoms with Crippen LogP contribution in [-0.4, -0.2) is 15.9 Å². The molecule has 0 radical (unpaired) electrons. The van der Waals surface area contributed by atoms with E-state index in [9.17, 15) is 4.79 Å². The number of carbonyl (C=O) groups is 1. The van der Waals surface area contributed by atoms with Crippen molar-refractivity contribution in [1.29, 1.82) is 0 Å². The Balaban J connectivity index is 1.89. The molecule has 1 N–H and O–H groups in total. The maximum absolute atomic E-state index is 12.5. The average molecular weight is 364 g/mol. The first-order valence-corrected chi connectivity index (χ1v) is 8.26. The van der Waals surface area contributed by atoms with Crippen molar-refractivity contribution in [3.8, 4) is 10.6 Å². The molecular formula is C16H11Cl2N3OS. The number of carbonyl (C=O) groups excluding carboxylic acids is 1. The number of halogens is 2. The number of hydrogen-bond donors (Lipinski definition) is 1. The Labute approximate surface area is 147 Å². The molecule has 0 atom stereocenters. The number of nitrogens with one attached hydrogen (secondary N) is 1. The maximum atomic E-state index is 12.5. The Morgan fingerprint density at radius 3 is 2.78 bits per heavy atom. The predicted octanol–water partition coefficient (Wildman–Crippen LogP) is 5.07. The molecule has 7 heteroatoms. The van der Waals surface area contributed by atoms with E-state index in [2.05, 4.69) is 15.3 Å². The lowest BCUT2D eigenvalue weighted by atomic mass is 10.3. The van der Waals surface area contributed by atoms with Gasteiger partial charge in [0.05, 0.1) is 21.4 Å². The minimum absolute atomic E-state index is 0.265. The van der Waals surface area contributed by atoms with Crippen molar-refractivity contribution >= 4 is 46.1 Å². The summed E-state index contributed by atoms with van der Waals surface area (Å²) in [4.78, 5) is 21.5. The Kier molecular flexibility index (Phi) is 4.61. The van der Waals surface area contributed by atoms with E-state index in [0.717, 1.165) is 10.6 Å². The Hall–Kier alpha value is -1.95. The van der Waals surface area contributed by atoms with E-state index in [1.165, 1.54) is 11.3 Å². The number of thiazole rings is 1. The number of nitrogens with zero attached hydrogens (tertiary/aromatic N) is 2. The molecule has 0 aliphatic carbocycles. The van der Waals surface area contributed by atoms with Crippen LogP contribution in [0.4, 0.5) is 5.69 Å². The molecule has 4 nitrogen and oxygen atoms in total. The lowest BCUT2D eigenvalue weighted by molar-refractivity contribution is 0.103. The summed E-state index contributed by atoms with van der Waals surface area (Å²) in [6.07, 6.45) is 3.41. The molecule has 0 fully saturated rings. The second-order valence-electron chi connectivity index (χ2n) is 4.73. The SMILES string of the molecule is Cc1nc(-c2cccnc2)sc1C(=O)Nc1cccc(Cl)c1Cl. The molecule has 2 aromatic heterocycles. The van der Waals surface area contributed by atoms with Crippen LogP contribution in [0.1, 0.15) is 15.4 Å². The van der Waals surface area contributed by atoms with Gasteiger partial charge in [0, 0.05) is 18.0 Å². The van der Waals surface area contributed by atoms with Crippen molar-refractivity contribution in [2.75, 3.05) is 5.32 Å². The van der Waals surface area contributed by atoms with E-state index in [1.54, 1.807) is 37.5 Å². The third-order valence-corrected chi connectivity index (χ3v) is 5.14. The molecular weight excluding hydrogens is 353 g/mol. The molecule has 3 rings (SSSR count). The van der Waals surface area contributed by atoms with Gasteiger partial charge < -0.3 is 5.32 Å². The number of hydrogen-bond acceptors (Lipinski definition) is 4. The van der Waals surface area contributed by atoms with Gasteiger partial charge in [0.15, 0.2) is 0 Å². The fourth-order valence-electron chi connectivity index (χ4n) is 2.00. The Morgan fingerprint density at radius 1 is 1.22 bits per heavy atom. The van der Waals surface area contributed by atoms with E-state index in [1.807, 2.05) is 12.1 Å². The van der Waals surface area contributed by atoms with Crippen molar-refractivity contribution in [1.82, 2.24) is 9.97 Å². The van der Waals surface area contributed by atoms with Gasteiger partial charge in [-0.25, -0.2) is 4.98 Å². The molecule has 3 aromatic rings. The van der Waals surface area contributed by atoms with Crippen molar-refractivity contribution < 1.29 is 4.79 Å². The summed E-state index contributed by atoms with van der Waals surface area (Å²) >= 11 is 13.4. The van der Waals surface area contributed by atoms with Gasteiger partial charge >= 0.3 is 0 Å². The van der Waals surface area contributed by atoms with Gasteiger partial charge in [-0.05, 0) is 31.2 Å². The van der Waals surface area contributed by atoms with Crippen molar-refractivity contribution in [2.45, 2.75) is 6.92 Å². The molecule has 0 bridgehead atoms. The van der Waals surface area contributed by atoms with Gasteiger partial charge in [-0.2, -0.15) is 0 Å². The first-order valence-electron chi connectivity index (χ1n) is 6.69. The number of amides is 1. The summed E-state index contributed by atoms with van der Waals surface area (Å²) in [6, 6.07) is 8.82. The van der Waals surface area contributed by atoms with E-state index in [0.29, 0.717) is 26.3 Å². The summed E-state index contributed by atoms with van der Waals surface area (Å²) in [5, 5.41) is 4.23. The van der Waals surface area contributed by atoms with Gasteiger partial charge in [-0.3, -0.25) is 9.78 Å². The lowest BCUT2D eigenvalue weighted by Gasteiger charge is -2.07. The van der Waals surface area contributed by atoms with Crippen LogP contribution in [0, 0.1) is 6.92 Å². The van der Waals surface area contributed by atoms with Gasteiger partial charge in [-0.1, -0.05) is 29.3 Å². The number of rotatable bonds is 3. The molecule has 2 heterocycles. The maximum Gasteiger partial charge on any atom is 0.267 e. The number of aryl methyl sites for hydroxylation is 1. The topological polar surface area (TPSA) is 54.9 Å².